The lowest BCUT2D eigenvalue weighted by Crippen LogP contribution is -2.37. The highest BCUT2D eigenvalue weighted by molar-refractivity contribution is 7.90. The zero-order valence-corrected chi connectivity index (χ0v) is 9.55. The van der Waals surface area contributed by atoms with Crippen LogP contribution >= 0.6 is 0 Å². The topological polar surface area (TPSA) is 90.2 Å². The van der Waals surface area contributed by atoms with Gasteiger partial charge in [0.15, 0.2) is 5.25 Å². The van der Waals surface area contributed by atoms with Crippen LogP contribution in [0, 0.1) is 16.7 Å². The van der Waals surface area contributed by atoms with Crippen molar-refractivity contribution in [2.75, 3.05) is 13.2 Å². The standard InChI is InChI=1S/C9H16N2O3S/c1-2-8(5-10)15(13,14)11-6-9(7-12)3-4-9/h8,11-12H,2-4,6-7H2,1H3. The Morgan fingerprint density at radius 3 is 2.53 bits per heavy atom. The number of aliphatic hydroxyl groups is 1. The molecule has 1 aliphatic carbocycles. The number of sulfonamides is 1. The Kier molecular flexibility index (Phi) is 3.71. The van der Waals surface area contributed by atoms with Crippen molar-refractivity contribution < 1.29 is 13.5 Å². The fourth-order valence-corrected chi connectivity index (χ4v) is 2.59. The summed E-state index contributed by atoms with van der Waals surface area (Å²) in [5.41, 5.74) is -0.263. The third-order valence-electron chi connectivity index (χ3n) is 2.83. The maximum absolute atomic E-state index is 11.6. The normalized spacial score (nSPS) is 20.6. The molecular formula is C9H16N2O3S. The third-order valence-corrected chi connectivity index (χ3v) is 4.56. The molecule has 1 atom stereocenters. The van der Waals surface area contributed by atoms with Gasteiger partial charge in [0.05, 0.1) is 6.07 Å². The molecule has 1 fully saturated rings. The van der Waals surface area contributed by atoms with E-state index in [0.717, 1.165) is 12.8 Å². The number of nitrogens with one attached hydrogen (secondary N) is 1. The average molecular weight is 232 g/mol. The van der Waals surface area contributed by atoms with Crippen molar-refractivity contribution in [1.82, 2.24) is 4.72 Å². The van der Waals surface area contributed by atoms with Crippen LogP contribution in [0.15, 0.2) is 0 Å². The van der Waals surface area contributed by atoms with Crippen molar-refractivity contribution in [1.29, 1.82) is 5.26 Å². The maximum atomic E-state index is 11.6. The average Bonchev–Trinajstić information content (AvgIpc) is 2.97. The molecule has 0 heterocycles. The molecule has 0 bridgehead atoms. The maximum Gasteiger partial charge on any atom is 0.227 e. The molecule has 0 radical (unpaired) electrons. The molecule has 2 N–H and O–H groups in total. The van der Waals surface area contributed by atoms with E-state index in [-0.39, 0.29) is 25.0 Å². The molecule has 0 aliphatic heterocycles. The molecule has 15 heavy (non-hydrogen) atoms. The second kappa shape index (κ2) is 4.47. The summed E-state index contributed by atoms with van der Waals surface area (Å²) in [5, 5.41) is 16.7. The Labute approximate surface area is 90.2 Å². The highest BCUT2D eigenvalue weighted by atomic mass is 32.2. The molecule has 86 valence electrons. The minimum absolute atomic E-state index is 0.00113. The van der Waals surface area contributed by atoms with Crippen LogP contribution in [-0.2, 0) is 10.0 Å². The number of nitriles is 1. The van der Waals surface area contributed by atoms with Gasteiger partial charge in [-0.25, -0.2) is 13.1 Å². The second-order valence-electron chi connectivity index (χ2n) is 4.05. The summed E-state index contributed by atoms with van der Waals surface area (Å²) in [7, 11) is -3.55. The van der Waals surface area contributed by atoms with E-state index in [1.54, 1.807) is 13.0 Å². The van der Waals surface area contributed by atoms with Gasteiger partial charge in [-0.05, 0) is 19.3 Å². The molecule has 1 saturated carbocycles. The van der Waals surface area contributed by atoms with Crippen LogP contribution in [0.1, 0.15) is 26.2 Å². The van der Waals surface area contributed by atoms with Gasteiger partial charge >= 0.3 is 0 Å². The van der Waals surface area contributed by atoms with Gasteiger partial charge in [0.1, 0.15) is 0 Å². The highest BCUT2D eigenvalue weighted by Gasteiger charge is 2.43. The van der Waals surface area contributed by atoms with Crippen molar-refractivity contribution in [3.63, 3.8) is 0 Å². The van der Waals surface area contributed by atoms with Crippen molar-refractivity contribution in [2.24, 2.45) is 5.41 Å². The first kappa shape index (κ1) is 12.4. The molecule has 0 saturated heterocycles. The zero-order chi connectivity index (χ0) is 11.5. The molecular weight excluding hydrogens is 216 g/mol. The molecule has 1 aliphatic rings. The van der Waals surface area contributed by atoms with E-state index in [2.05, 4.69) is 4.72 Å². The Morgan fingerprint density at radius 2 is 2.20 bits per heavy atom. The Balaban J connectivity index is 2.54. The van der Waals surface area contributed by atoms with E-state index in [0.29, 0.717) is 0 Å². The lowest BCUT2D eigenvalue weighted by atomic mass is 10.1. The summed E-state index contributed by atoms with van der Waals surface area (Å²) in [6.07, 6.45) is 1.96. The van der Waals surface area contributed by atoms with Crippen molar-refractivity contribution in [3.05, 3.63) is 0 Å². The van der Waals surface area contributed by atoms with E-state index >= 15 is 0 Å². The van der Waals surface area contributed by atoms with E-state index in [1.165, 1.54) is 0 Å². The van der Waals surface area contributed by atoms with E-state index in [1.807, 2.05) is 0 Å². The lowest BCUT2D eigenvalue weighted by Gasteiger charge is -2.14. The Morgan fingerprint density at radius 1 is 1.60 bits per heavy atom. The summed E-state index contributed by atoms with van der Waals surface area (Å²) in [6.45, 7) is 1.90. The SMILES string of the molecule is CCC(C#N)S(=O)(=O)NCC1(CO)CC1. The zero-order valence-electron chi connectivity index (χ0n) is 8.73. The summed E-state index contributed by atoms with van der Waals surface area (Å²) < 4.78 is 25.5. The van der Waals surface area contributed by atoms with Gasteiger partial charge in [0.2, 0.25) is 10.0 Å². The van der Waals surface area contributed by atoms with Crippen LogP contribution in [0.25, 0.3) is 0 Å². The second-order valence-corrected chi connectivity index (χ2v) is 6.00. The number of hydrogen-bond donors (Lipinski definition) is 2. The summed E-state index contributed by atoms with van der Waals surface area (Å²) >= 11 is 0. The quantitative estimate of drug-likeness (QED) is 0.673. The first-order valence-electron chi connectivity index (χ1n) is 4.98. The summed E-state index contributed by atoms with van der Waals surface area (Å²) in [4.78, 5) is 0. The number of hydrogen-bond acceptors (Lipinski definition) is 4. The van der Waals surface area contributed by atoms with Gasteiger partial charge in [-0.1, -0.05) is 6.92 Å². The van der Waals surface area contributed by atoms with E-state index in [9.17, 15) is 8.42 Å². The largest absolute Gasteiger partial charge is 0.396 e. The molecule has 0 aromatic carbocycles. The lowest BCUT2D eigenvalue weighted by molar-refractivity contribution is 0.213. The number of rotatable bonds is 6. The predicted octanol–water partition coefficient (Wildman–Crippen LogP) is -0.0195. The van der Waals surface area contributed by atoms with E-state index < -0.39 is 15.3 Å². The van der Waals surface area contributed by atoms with Crippen LogP contribution in [0.2, 0.25) is 0 Å². The van der Waals surface area contributed by atoms with Gasteiger partial charge in [-0.15, -0.1) is 0 Å². The molecule has 1 rings (SSSR count). The smallest absolute Gasteiger partial charge is 0.227 e. The van der Waals surface area contributed by atoms with Crippen molar-refractivity contribution >= 4 is 10.0 Å². The monoisotopic (exact) mass is 232 g/mol. The molecule has 0 aromatic rings. The molecule has 5 nitrogen and oxygen atoms in total. The van der Waals surface area contributed by atoms with Gasteiger partial charge in [0.25, 0.3) is 0 Å². The molecule has 0 aromatic heterocycles. The van der Waals surface area contributed by atoms with Gasteiger partial charge in [-0.3, -0.25) is 0 Å². The first-order chi connectivity index (χ1) is 6.99. The fourth-order valence-electron chi connectivity index (χ4n) is 1.30. The van der Waals surface area contributed by atoms with E-state index in [4.69, 9.17) is 10.4 Å². The molecule has 6 heteroatoms. The third kappa shape index (κ3) is 2.91. The van der Waals surface area contributed by atoms with Crippen molar-refractivity contribution in [2.45, 2.75) is 31.4 Å². The number of nitrogens with zero attached hydrogens (tertiary/aromatic N) is 1. The minimum atomic E-state index is -3.55. The van der Waals surface area contributed by atoms with Crippen LogP contribution in [-0.4, -0.2) is 31.9 Å². The predicted molar refractivity (Wildman–Crippen MR) is 55.4 cm³/mol. The van der Waals surface area contributed by atoms with Crippen LogP contribution in [0.3, 0.4) is 0 Å². The highest BCUT2D eigenvalue weighted by Crippen LogP contribution is 2.44. The van der Waals surface area contributed by atoms with Crippen LogP contribution in [0.5, 0.6) is 0 Å². The van der Waals surface area contributed by atoms with Crippen LogP contribution < -0.4 is 4.72 Å². The van der Waals surface area contributed by atoms with Crippen LogP contribution in [0.4, 0.5) is 0 Å². The number of aliphatic hydroxyl groups excluding tert-OH is 1. The first-order valence-corrected chi connectivity index (χ1v) is 6.53. The van der Waals surface area contributed by atoms with Crippen molar-refractivity contribution in [3.8, 4) is 6.07 Å². The minimum Gasteiger partial charge on any atom is -0.396 e. The van der Waals surface area contributed by atoms with Gasteiger partial charge in [0, 0.05) is 18.6 Å². The fraction of sp³-hybridized carbons (Fsp3) is 0.889. The summed E-state index contributed by atoms with van der Waals surface area (Å²) in [5.74, 6) is 0. The molecule has 1 unspecified atom stereocenters. The van der Waals surface area contributed by atoms with Gasteiger partial charge < -0.3 is 5.11 Å². The molecule has 0 spiro atoms. The Bertz CT molecular complexity index is 354. The van der Waals surface area contributed by atoms with Gasteiger partial charge in [-0.2, -0.15) is 5.26 Å². The summed E-state index contributed by atoms with van der Waals surface area (Å²) in [6, 6.07) is 1.75. The Hall–Kier alpha value is -0.640. The molecule has 0 amide bonds.